The fourth-order valence-corrected chi connectivity index (χ4v) is 2.28. The number of aryl methyl sites for hydroxylation is 1. The number of carbonyl (C=O) groups excluding carboxylic acids is 3. The van der Waals surface area contributed by atoms with Crippen molar-refractivity contribution in [1.29, 1.82) is 0 Å². The number of rotatable bonds is 5. The van der Waals surface area contributed by atoms with Crippen LogP contribution in [0, 0.1) is 6.92 Å². The minimum Gasteiger partial charge on any atom is -0.507 e. The number of hydrogen-bond donors (Lipinski definition) is 3. The molecule has 0 aliphatic rings. The van der Waals surface area contributed by atoms with Gasteiger partial charge >= 0.3 is 12.0 Å². The molecule has 0 aliphatic carbocycles. The van der Waals surface area contributed by atoms with E-state index in [0.29, 0.717) is 17.7 Å². The van der Waals surface area contributed by atoms with Gasteiger partial charge < -0.3 is 15.2 Å². The van der Waals surface area contributed by atoms with Crippen molar-refractivity contribution in [2.45, 2.75) is 20.0 Å². The van der Waals surface area contributed by atoms with Gasteiger partial charge in [0.05, 0.1) is 0 Å². The maximum atomic E-state index is 12.5. The summed E-state index contributed by atoms with van der Waals surface area (Å²) in [5, 5.41) is 14.6. The van der Waals surface area contributed by atoms with Crippen molar-refractivity contribution in [2.75, 3.05) is 6.54 Å². The molecule has 0 aliphatic heterocycles. The lowest BCUT2D eigenvalue weighted by Gasteiger charge is -2.18. The van der Waals surface area contributed by atoms with E-state index >= 15 is 0 Å². The summed E-state index contributed by atoms with van der Waals surface area (Å²) >= 11 is 0. The first-order valence-electron chi connectivity index (χ1n) is 8.07. The van der Waals surface area contributed by atoms with Crippen LogP contribution < -0.4 is 10.6 Å². The Bertz CT molecular complexity index is 805. The second kappa shape index (κ2) is 8.66. The van der Waals surface area contributed by atoms with Gasteiger partial charge in [0.15, 0.2) is 0 Å². The molecule has 136 valence electrons. The molecule has 2 rings (SSSR count). The van der Waals surface area contributed by atoms with Crippen LogP contribution in [0.1, 0.15) is 34.5 Å². The van der Waals surface area contributed by atoms with E-state index in [1.807, 2.05) is 0 Å². The average molecular weight is 356 g/mol. The number of phenols is 1. The van der Waals surface area contributed by atoms with Crippen molar-refractivity contribution in [1.82, 2.24) is 10.6 Å². The second-order valence-corrected chi connectivity index (χ2v) is 5.52. The van der Waals surface area contributed by atoms with Crippen molar-refractivity contribution < 1.29 is 24.2 Å². The maximum Gasteiger partial charge on any atom is 0.343 e. The fourth-order valence-electron chi connectivity index (χ4n) is 2.28. The van der Waals surface area contributed by atoms with E-state index in [1.54, 1.807) is 56.3 Å². The highest BCUT2D eigenvalue weighted by Crippen LogP contribution is 2.25. The van der Waals surface area contributed by atoms with Crippen LogP contribution in [0.15, 0.2) is 48.5 Å². The molecule has 2 aromatic carbocycles. The lowest BCUT2D eigenvalue weighted by atomic mass is 10.1. The Labute approximate surface area is 151 Å². The molecule has 0 spiro atoms. The van der Waals surface area contributed by atoms with Crippen LogP contribution in [0.25, 0.3) is 0 Å². The van der Waals surface area contributed by atoms with Crippen molar-refractivity contribution in [3.63, 3.8) is 0 Å². The number of phenolic OH excluding ortho intramolecular Hbond substituents is 1. The van der Waals surface area contributed by atoms with Crippen LogP contribution in [0.5, 0.6) is 5.75 Å². The van der Waals surface area contributed by atoms with E-state index in [2.05, 4.69) is 10.6 Å². The topological polar surface area (TPSA) is 105 Å². The summed E-state index contributed by atoms with van der Waals surface area (Å²) in [5.41, 5.74) is 0.842. The van der Waals surface area contributed by atoms with Crippen LogP contribution in [-0.4, -0.2) is 29.6 Å². The largest absolute Gasteiger partial charge is 0.507 e. The molecule has 0 unspecified atom stereocenters. The lowest BCUT2D eigenvalue weighted by Crippen LogP contribution is -2.42. The SMILES string of the molecule is CCNC(=O)NC(=O)[C@@H](OC(=O)c1cccc(C)c1O)c1ccccc1. The van der Waals surface area contributed by atoms with Crippen molar-refractivity contribution in [3.05, 3.63) is 65.2 Å². The molecule has 2 aromatic rings. The molecule has 26 heavy (non-hydrogen) atoms. The molecule has 0 saturated heterocycles. The van der Waals surface area contributed by atoms with E-state index in [9.17, 15) is 19.5 Å². The first-order chi connectivity index (χ1) is 12.4. The average Bonchev–Trinajstić information content (AvgIpc) is 2.62. The maximum absolute atomic E-state index is 12.5. The normalized spacial score (nSPS) is 11.3. The van der Waals surface area contributed by atoms with E-state index < -0.39 is 24.0 Å². The molecule has 0 aromatic heterocycles. The molecular weight excluding hydrogens is 336 g/mol. The Hall–Kier alpha value is -3.35. The third-order valence-corrected chi connectivity index (χ3v) is 3.60. The van der Waals surface area contributed by atoms with Crippen LogP contribution in [-0.2, 0) is 9.53 Å². The molecular formula is C19H20N2O5. The number of nitrogens with one attached hydrogen (secondary N) is 2. The zero-order chi connectivity index (χ0) is 19.1. The lowest BCUT2D eigenvalue weighted by molar-refractivity contribution is -0.129. The summed E-state index contributed by atoms with van der Waals surface area (Å²) in [6.45, 7) is 3.69. The van der Waals surface area contributed by atoms with Gasteiger partial charge in [0.2, 0.25) is 6.10 Å². The molecule has 7 heteroatoms. The molecule has 0 fully saturated rings. The molecule has 7 nitrogen and oxygen atoms in total. The monoisotopic (exact) mass is 356 g/mol. The number of benzene rings is 2. The highest BCUT2D eigenvalue weighted by molar-refractivity contribution is 5.99. The molecule has 0 radical (unpaired) electrons. The van der Waals surface area contributed by atoms with Gasteiger partial charge in [-0.25, -0.2) is 9.59 Å². The van der Waals surface area contributed by atoms with Crippen molar-refractivity contribution >= 4 is 17.9 Å². The minimum atomic E-state index is -1.34. The Balaban J connectivity index is 2.27. The first-order valence-corrected chi connectivity index (χ1v) is 8.07. The first kappa shape index (κ1) is 19.0. The highest BCUT2D eigenvalue weighted by atomic mass is 16.5. The predicted octanol–water partition coefficient (Wildman–Crippen LogP) is 2.44. The van der Waals surface area contributed by atoms with Gasteiger partial charge in [0, 0.05) is 12.1 Å². The molecule has 3 N–H and O–H groups in total. The van der Waals surface area contributed by atoms with E-state index in [4.69, 9.17) is 4.74 Å². The molecule has 1 atom stereocenters. The van der Waals surface area contributed by atoms with Crippen molar-refractivity contribution in [2.24, 2.45) is 0 Å². The molecule has 0 saturated carbocycles. The second-order valence-electron chi connectivity index (χ2n) is 5.52. The van der Waals surface area contributed by atoms with Gasteiger partial charge in [-0.05, 0) is 25.5 Å². The summed E-state index contributed by atoms with van der Waals surface area (Å²) in [6, 6.07) is 12.3. The van der Waals surface area contributed by atoms with Crippen LogP contribution >= 0.6 is 0 Å². The summed E-state index contributed by atoms with van der Waals surface area (Å²) in [6.07, 6.45) is -1.34. The third kappa shape index (κ3) is 4.60. The fraction of sp³-hybridized carbons (Fsp3) is 0.211. The quantitative estimate of drug-likeness (QED) is 0.714. The zero-order valence-corrected chi connectivity index (χ0v) is 14.5. The number of carbonyl (C=O) groups is 3. The van der Waals surface area contributed by atoms with Gasteiger partial charge in [-0.1, -0.05) is 42.5 Å². The van der Waals surface area contributed by atoms with Gasteiger partial charge in [-0.15, -0.1) is 0 Å². The van der Waals surface area contributed by atoms with E-state index in [-0.39, 0.29) is 11.3 Å². The number of para-hydroxylation sites is 1. The van der Waals surface area contributed by atoms with Crippen molar-refractivity contribution in [3.8, 4) is 5.75 Å². The predicted molar refractivity (Wildman–Crippen MR) is 94.7 cm³/mol. The highest BCUT2D eigenvalue weighted by Gasteiger charge is 2.28. The Morgan fingerprint density at radius 1 is 1.08 bits per heavy atom. The third-order valence-electron chi connectivity index (χ3n) is 3.60. The van der Waals surface area contributed by atoms with E-state index in [1.165, 1.54) is 6.07 Å². The summed E-state index contributed by atoms with van der Waals surface area (Å²) < 4.78 is 5.31. The number of ether oxygens (including phenoxy) is 1. The molecule has 0 bridgehead atoms. The summed E-state index contributed by atoms with van der Waals surface area (Å²) in [4.78, 5) is 36.5. The number of hydrogen-bond acceptors (Lipinski definition) is 5. The molecule has 3 amide bonds. The number of amides is 3. The number of aromatic hydroxyl groups is 1. The minimum absolute atomic E-state index is 0.0586. The Kier molecular flexibility index (Phi) is 6.32. The van der Waals surface area contributed by atoms with Gasteiger partial charge in [0.25, 0.3) is 5.91 Å². The zero-order valence-electron chi connectivity index (χ0n) is 14.5. The smallest absolute Gasteiger partial charge is 0.343 e. The standard InChI is InChI=1S/C19H20N2O5/c1-3-20-19(25)21-17(23)16(13-9-5-4-6-10-13)26-18(24)14-11-7-8-12(2)15(14)22/h4-11,16,22H,3H2,1-2H3,(H2,20,21,23,25)/t16-/m0/s1. The van der Waals surface area contributed by atoms with E-state index in [0.717, 1.165) is 0 Å². The molecule has 0 heterocycles. The van der Waals surface area contributed by atoms with Gasteiger partial charge in [0.1, 0.15) is 11.3 Å². The summed E-state index contributed by atoms with van der Waals surface area (Å²) in [5.74, 6) is -1.87. The van der Waals surface area contributed by atoms with Gasteiger partial charge in [-0.3, -0.25) is 10.1 Å². The number of esters is 1. The van der Waals surface area contributed by atoms with Crippen LogP contribution in [0.3, 0.4) is 0 Å². The van der Waals surface area contributed by atoms with Crippen LogP contribution in [0.2, 0.25) is 0 Å². The Morgan fingerprint density at radius 2 is 1.77 bits per heavy atom. The number of urea groups is 1. The Morgan fingerprint density at radius 3 is 2.42 bits per heavy atom. The number of imide groups is 1. The van der Waals surface area contributed by atoms with Gasteiger partial charge in [-0.2, -0.15) is 0 Å². The van der Waals surface area contributed by atoms with Crippen LogP contribution in [0.4, 0.5) is 4.79 Å². The summed E-state index contributed by atoms with van der Waals surface area (Å²) in [7, 11) is 0.